The highest BCUT2D eigenvalue weighted by Crippen LogP contribution is 2.41. The van der Waals surface area contributed by atoms with Gasteiger partial charge in [0.05, 0.1) is 17.8 Å². The zero-order valence-corrected chi connectivity index (χ0v) is 15.9. The van der Waals surface area contributed by atoms with Gasteiger partial charge in [-0.1, -0.05) is 0 Å². The van der Waals surface area contributed by atoms with Crippen LogP contribution in [0.1, 0.15) is 16.8 Å². The van der Waals surface area contributed by atoms with Crippen LogP contribution in [0.15, 0.2) is 36.7 Å². The van der Waals surface area contributed by atoms with E-state index in [1.807, 2.05) is 19.2 Å². The van der Waals surface area contributed by atoms with Crippen LogP contribution in [-0.2, 0) is 19.3 Å². The zero-order chi connectivity index (χ0) is 21.0. The van der Waals surface area contributed by atoms with E-state index in [0.29, 0.717) is 42.6 Å². The summed E-state index contributed by atoms with van der Waals surface area (Å²) >= 11 is 0. The second kappa shape index (κ2) is 6.66. The number of aromatic nitrogens is 4. The van der Waals surface area contributed by atoms with Gasteiger partial charge in [-0.15, -0.1) is 0 Å². The maximum absolute atomic E-state index is 14.9. The normalized spacial score (nSPS) is 14.3. The van der Waals surface area contributed by atoms with Crippen molar-refractivity contribution in [2.75, 3.05) is 6.54 Å². The van der Waals surface area contributed by atoms with Crippen molar-refractivity contribution < 1.29 is 17.6 Å². The number of rotatable bonds is 2. The topological polar surface area (TPSA) is 58.5 Å². The SMILES string of the molecule is Cc1c[nH]c2nccc(-c3c(-c4ccc(C(F)(F)F)cc4F)nn4c3CNCC4)c12. The first kappa shape index (κ1) is 18.8. The molecular weight excluding hydrogens is 398 g/mol. The van der Waals surface area contributed by atoms with Gasteiger partial charge in [-0.05, 0) is 42.3 Å². The maximum Gasteiger partial charge on any atom is 0.416 e. The summed E-state index contributed by atoms with van der Waals surface area (Å²) in [5.74, 6) is -0.953. The number of aryl methyl sites for hydroxylation is 1. The molecule has 1 aliphatic rings. The predicted octanol–water partition coefficient (Wildman–Crippen LogP) is 4.66. The molecule has 4 heterocycles. The van der Waals surface area contributed by atoms with E-state index >= 15 is 0 Å². The summed E-state index contributed by atoms with van der Waals surface area (Å²) in [6.07, 6.45) is -1.12. The highest BCUT2D eigenvalue weighted by molar-refractivity contribution is 5.99. The molecular formula is C21H17F4N5. The Kier molecular flexibility index (Phi) is 4.18. The smallest absolute Gasteiger partial charge is 0.346 e. The minimum absolute atomic E-state index is 0.0399. The van der Waals surface area contributed by atoms with Crippen molar-refractivity contribution in [3.8, 4) is 22.4 Å². The average Bonchev–Trinajstić information content (AvgIpc) is 3.28. The average molecular weight is 415 g/mol. The summed E-state index contributed by atoms with van der Waals surface area (Å²) in [6, 6.07) is 4.41. The number of alkyl halides is 3. The molecule has 0 amide bonds. The summed E-state index contributed by atoms with van der Waals surface area (Å²) in [5, 5.41) is 8.77. The van der Waals surface area contributed by atoms with E-state index in [0.717, 1.165) is 34.3 Å². The molecule has 3 aromatic heterocycles. The van der Waals surface area contributed by atoms with E-state index < -0.39 is 17.6 Å². The third-order valence-corrected chi connectivity index (χ3v) is 5.44. The number of nitrogens with zero attached hydrogens (tertiary/aromatic N) is 3. The Hall–Kier alpha value is -3.20. The Balaban J connectivity index is 1.79. The van der Waals surface area contributed by atoms with Crippen molar-refractivity contribution in [1.29, 1.82) is 0 Å². The van der Waals surface area contributed by atoms with Crippen LogP contribution in [0.5, 0.6) is 0 Å². The molecule has 0 saturated heterocycles. The minimum atomic E-state index is -4.61. The third-order valence-electron chi connectivity index (χ3n) is 5.44. The Morgan fingerprint density at radius 3 is 2.73 bits per heavy atom. The standard InChI is InChI=1S/C21H17F4N5/c1-11-9-28-20-17(11)14(4-5-27-20)18-16-10-26-6-7-30(16)29-19(18)13-3-2-12(8-15(13)22)21(23,24)25/h2-5,8-9,26H,6-7,10H2,1H3,(H,27,28). The Bertz CT molecular complexity index is 1270. The molecule has 1 aromatic carbocycles. The summed E-state index contributed by atoms with van der Waals surface area (Å²) in [5.41, 5.74) is 3.38. The maximum atomic E-state index is 14.9. The number of fused-ring (bicyclic) bond motifs is 2. The van der Waals surface area contributed by atoms with Crippen LogP contribution in [0, 0.1) is 12.7 Å². The van der Waals surface area contributed by atoms with Crippen LogP contribution in [0.25, 0.3) is 33.4 Å². The van der Waals surface area contributed by atoms with Gasteiger partial charge in [0.2, 0.25) is 0 Å². The number of nitrogens with one attached hydrogen (secondary N) is 2. The van der Waals surface area contributed by atoms with Crippen LogP contribution in [0.4, 0.5) is 17.6 Å². The number of aromatic amines is 1. The van der Waals surface area contributed by atoms with Gasteiger partial charge in [0.15, 0.2) is 0 Å². The largest absolute Gasteiger partial charge is 0.416 e. The molecule has 0 bridgehead atoms. The number of pyridine rings is 1. The molecule has 0 radical (unpaired) electrons. The van der Waals surface area contributed by atoms with Crippen LogP contribution in [-0.4, -0.2) is 26.3 Å². The molecule has 0 spiro atoms. The fourth-order valence-corrected chi connectivity index (χ4v) is 4.04. The van der Waals surface area contributed by atoms with Crippen molar-refractivity contribution in [1.82, 2.24) is 25.1 Å². The highest BCUT2D eigenvalue weighted by Gasteiger charge is 2.32. The van der Waals surface area contributed by atoms with Crippen LogP contribution in [0.3, 0.4) is 0 Å². The number of benzene rings is 1. The van der Waals surface area contributed by atoms with E-state index in [2.05, 4.69) is 20.4 Å². The lowest BCUT2D eigenvalue weighted by atomic mass is 9.95. The van der Waals surface area contributed by atoms with E-state index in [1.165, 1.54) is 0 Å². The van der Waals surface area contributed by atoms with Gasteiger partial charge in [-0.2, -0.15) is 18.3 Å². The first-order valence-corrected chi connectivity index (χ1v) is 9.45. The van der Waals surface area contributed by atoms with Gasteiger partial charge >= 0.3 is 6.18 Å². The molecule has 2 N–H and O–H groups in total. The van der Waals surface area contributed by atoms with E-state index in [-0.39, 0.29) is 5.56 Å². The fraction of sp³-hybridized carbons (Fsp3) is 0.238. The summed E-state index contributed by atoms with van der Waals surface area (Å²) in [6.45, 7) is 3.76. The molecule has 30 heavy (non-hydrogen) atoms. The Labute approximate surface area is 168 Å². The van der Waals surface area contributed by atoms with Crippen molar-refractivity contribution in [3.63, 3.8) is 0 Å². The molecule has 5 rings (SSSR count). The third kappa shape index (κ3) is 2.88. The zero-order valence-electron chi connectivity index (χ0n) is 15.9. The summed E-state index contributed by atoms with van der Waals surface area (Å²) in [7, 11) is 0. The lowest BCUT2D eigenvalue weighted by Gasteiger charge is -2.16. The molecule has 0 saturated carbocycles. The van der Waals surface area contributed by atoms with Gasteiger partial charge in [0.25, 0.3) is 0 Å². The monoisotopic (exact) mass is 415 g/mol. The van der Waals surface area contributed by atoms with Gasteiger partial charge in [-0.25, -0.2) is 9.37 Å². The minimum Gasteiger partial charge on any atom is -0.346 e. The van der Waals surface area contributed by atoms with Crippen LogP contribution >= 0.6 is 0 Å². The quantitative estimate of drug-likeness (QED) is 0.468. The Morgan fingerprint density at radius 2 is 1.97 bits per heavy atom. The molecule has 9 heteroatoms. The van der Waals surface area contributed by atoms with Crippen molar-refractivity contribution in [3.05, 3.63) is 59.3 Å². The molecule has 0 atom stereocenters. The molecule has 0 aliphatic carbocycles. The lowest BCUT2D eigenvalue weighted by molar-refractivity contribution is -0.137. The molecule has 4 aromatic rings. The van der Waals surface area contributed by atoms with Gasteiger partial charge in [-0.3, -0.25) is 4.68 Å². The van der Waals surface area contributed by atoms with E-state index in [9.17, 15) is 17.6 Å². The number of hydrogen-bond acceptors (Lipinski definition) is 3. The molecule has 1 aliphatic heterocycles. The second-order valence-electron chi connectivity index (χ2n) is 7.32. The van der Waals surface area contributed by atoms with Crippen molar-refractivity contribution in [2.45, 2.75) is 26.2 Å². The second-order valence-corrected chi connectivity index (χ2v) is 7.32. The first-order valence-electron chi connectivity index (χ1n) is 9.45. The van der Waals surface area contributed by atoms with E-state index in [1.54, 1.807) is 10.9 Å². The van der Waals surface area contributed by atoms with Crippen molar-refractivity contribution >= 4 is 11.0 Å². The summed E-state index contributed by atoms with van der Waals surface area (Å²) < 4.78 is 55.7. The number of halogens is 4. The first-order chi connectivity index (χ1) is 14.3. The number of hydrogen-bond donors (Lipinski definition) is 2. The van der Waals surface area contributed by atoms with Crippen molar-refractivity contribution in [2.24, 2.45) is 0 Å². The fourth-order valence-electron chi connectivity index (χ4n) is 4.04. The summed E-state index contributed by atoms with van der Waals surface area (Å²) in [4.78, 5) is 7.46. The number of H-pyrrole nitrogens is 1. The molecule has 154 valence electrons. The lowest BCUT2D eigenvalue weighted by Crippen LogP contribution is -2.28. The molecule has 0 fully saturated rings. The molecule has 0 unspecified atom stereocenters. The highest BCUT2D eigenvalue weighted by atomic mass is 19.4. The van der Waals surface area contributed by atoms with E-state index in [4.69, 9.17) is 0 Å². The predicted molar refractivity (Wildman–Crippen MR) is 104 cm³/mol. The molecule has 5 nitrogen and oxygen atoms in total. The van der Waals surface area contributed by atoms with Gasteiger partial charge in [0.1, 0.15) is 17.2 Å². The van der Waals surface area contributed by atoms with Crippen LogP contribution in [0.2, 0.25) is 0 Å². The van der Waals surface area contributed by atoms with Crippen LogP contribution < -0.4 is 5.32 Å². The van der Waals surface area contributed by atoms with Gasteiger partial charge < -0.3 is 10.3 Å². The van der Waals surface area contributed by atoms with Gasteiger partial charge in [0, 0.05) is 42.0 Å². The Morgan fingerprint density at radius 1 is 1.13 bits per heavy atom.